The van der Waals surface area contributed by atoms with E-state index in [1.807, 2.05) is 43.7 Å². The van der Waals surface area contributed by atoms with E-state index >= 15 is 0 Å². The summed E-state index contributed by atoms with van der Waals surface area (Å²) in [5, 5.41) is 9.35. The molecule has 2 N–H and O–H groups in total. The Balaban J connectivity index is 1.25. The molecule has 8 nitrogen and oxygen atoms in total. The molecule has 0 saturated carbocycles. The van der Waals surface area contributed by atoms with Gasteiger partial charge in [0.25, 0.3) is 0 Å². The normalized spacial score (nSPS) is 11.9. The summed E-state index contributed by atoms with van der Waals surface area (Å²) in [6.45, 7) is 0.510. The Bertz CT molecular complexity index is 1040. The summed E-state index contributed by atoms with van der Waals surface area (Å²) in [7, 11) is 1.88. The van der Waals surface area contributed by atoms with Gasteiger partial charge in [-0.2, -0.15) is 5.10 Å². The number of nitrogens with zero attached hydrogens (tertiary/aromatic N) is 2. The topological polar surface area (TPSA) is 94.5 Å². The van der Waals surface area contributed by atoms with Gasteiger partial charge in [0.1, 0.15) is 0 Å². The van der Waals surface area contributed by atoms with Crippen LogP contribution in [0.15, 0.2) is 54.9 Å². The molecule has 0 fully saturated rings. The number of aromatic nitrogens is 2. The van der Waals surface area contributed by atoms with Crippen molar-refractivity contribution in [2.24, 2.45) is 7.05 Å². The standard InChI is InChI=1S/C21H20N4O4/c1-25-12-16(11-23-25)15-4-2-14(3-5-15)8-9-22-20(26)21(27)24-17-6-7-18-19(10-17)29-13-28-18/h2-7,10-12H,8-9,13H2,1H3,(H,22,26)(H,24,27). The Morgan fingerprint density at radius 3 is 2.59 bits per heavy atom. The summed E-state index contributed by atoms with van der Waals surface area (Å²) >= 11 is 0. The molecule has 29 heavy (non-hydrogen) atoms. The molecule has 1 aliphatic heterocycles. The van der Waals surface area contributed by atoms with Crippen LogP contribution in [0, 0.1) is 0 Å². The van der Waals surface area contributed by atoms with Crippen molar-refractivity contribution < 1.29 is 19.1 Å². The molecule has 148 valence electrons. The highest BCUT2D eigenvalue weighted by atomic mass is 16.7. The van der Waals surface area contributed by atoms with Crippen LogP contribution in [0.3, 0.4) is 0 Å². The van der Waals surface area contributed by atoms with Gasteiger partial charge in [0, 0.05) is 37.1 Å². The van der Waals surface area contributed by atoms with Gasteiger partial charge >= 0.3 is 11.8 Å². The smallest absolute Gasteiger partial charge is 0.313 e. The van der Waals surface area contributed by atoms with Gasteiger partial charge in [-0.1, -0.05) is 24.3 Å². The molecular formula is C21H20N4O4. The predicted molar refractivity (Wildman–Crippen MR) is 107 cm³/mol. The number of ether oxygens (including phenoxy) is 2. The molecule has 2 heterocycles. The lowest BCUT2D eigenvalue weighted by Gasteiger charge is -2.08. The van der Waals surface area contributed by atoms with Gasteiger partial charge in [0.2, 0.25) is 6.79 Å². The summed E-state index contributed by atoms with van der Waals surface area (Å²) < 4.78 is 12.2. The number of amides is 2. The molecular weight excluding hydrogens is 372 g/mol. The van der Waals surface area contributed by atoms with E-state index in [-0.39, 0.29) is 6.79 Å². The van der Waals surface area contributed by atoms with Crippen molar-refractivity contribution >= 4 is 17.5 Å². The molecule has 0 radical (unpaired) electrons. The van der Waals surface area contributed by atoms with Crippen LogP contribution in [0.4, 0.5) is 5.69 Å². The van der Waals surface area contributed by atoms with E-state index in [1.165, 1.54) is 0 Å². The Morgan fingerprint density at radius 1 is 1.03 bits per heavy atom. The lowest BCUT2D eigenvalue weighted by Crippen LogP contribution is -2.36. The number of hydrogen-bond donors (Lipinski definition) is 2. The van der Waals surface area contributed by atoms with Crippen LogP contribution in [-0.2, 0) is 23.1 Å². The van der Waals surface area contributed by atoms with Crippen LogP contribution in [-0.4, -0.2) is 34.9 Å². The van der Waals surface area contributed by atoms with Crippen molar-refractivity contribution in [1.29, 1.82) is 0 Å². The summed E-state index contributed by atoms with van der Waals surface area (Å²) in [5.74, 6) is -0.259. The number of rotatable bonds is 5. The molecule has 0 aliphatic carbocycles. The first-order valence-corrected chi connectivity index (χ1v) is 9.15. The minimum atomic E-state index is -0.726. The number of fused-ring (bicyclic) bond motifs is 1. The lowest BCUT2D eigenvalue weighted by atomic mass is 10.1. The van der Waals surface area contributed by atoms with E-state index in [4.69, 9.17) is 9.47 Å². The number of hydrogen-bond acceptors (Lipinski definition) is 5. The molecule has 8 heteroatoms. The highest BCUT2D eigenvalue weighted by molar-refractivity contribution is 6.39. The van der Waals surface area contributed by atoms with Crippen LogP contribution in [0.2, 0.25) is 0 Å². The molecule has 0 spiro atoms. The van der Waals surface area contributed by atoms with Crippen LogP contribution < -0.4 is 20.1 Å². The maximum absolute atomic E-state index is 12.1. The van der Waals surface area contributed by atoms with Gasteiger partial charge in [0.05, 0.1) is 6.20 Å². The molecule has 0 atom stereocenters. The summed E-state index contributed by atoms with van der Waals surface area (Å²) in [5.41, 5.74) is 3.66. The zero-order valence-electron chi connectivity index (χ0n) is 15.8. The van der Waals surface area contributed by atoms with Crippen LogP contribution >= 0.6 is 0 Å². The molecule has 0 saturated heterocycles. The first-order valence-electron chi connectivity index (χ1n) is 9.15. The Labute approximate surface area is 167 Å². The van der Waals surface area contributed by atoms with Crippen LogP contribution in [0.5, 0.6) is 11.5 Å². The number of benzene rings is 2. The van der Waals surface area contributed by atoms with Crippen molar-refractivity contribution in [1.82, 2.24) is 15.1 Å². The van der Waals surface area contributed by atoms with Gasteiger partial charge in [0.15, 0.2) is 11.5 Å². The van der Waals surface area contributed by atoms with E-state index in [2.05, 4.69) is 15.7 Å². The largest absolute Gasteiger partial charge is 0.454 e. The number of nitrogens with one attached hydrogen (secondary N) is 2. The predicted octanol–water partition coefficient (Wildman–Crippen LogP) is 2.11. The molecule has 2 amide bonds. The third-order valence-corrected chi connectivity index (χ3v) is 4.53. The van der Waals surface area contributed by atoms with Crippen LogP contribution in [0.1, 0.15) is 5.56 Å². The van der Waals surface area contributed by atoms with Crippen molar-refractivity contribution in [2.45, 2.75) is 6.42 Å². The third kappa shape index (κ3) is 4.37. The third-order valence-electron chi connectivity index (χ3n) is 4.53. The van der Waals surface area contributed by atoms with Crippen molar-refractivity contribution in [3.63, 3.8) is 0 Å². The first-order chi connectivity index (χ1) is 14.1. The zero-order valence-corrected chi connectivity index (χ0v) is 15.8. The Kier molecular flexibility index (Phi) is 5.15. The summed E-state index contributed by atoms with van der Waals surface area (Å²) in [4.78, 5) is 24.1. The minimum Gasteiger partial charge on any atom is -0.454 e. The van der Waals surface area contributed by atoms with Gasteiger partial charge in [-0.25, -0.2) is 0 Å². The maximum atomic E-state index is 12.1. The number of carbonyl (C=O) groups excluding carboxylic acids is 2. The second-order valence-corrected chi connectivity index (χ2v) is 6.63. The fourth-order valence-electron chi connectivity index (χ4n) is 3.00. The summed E-state index contributed by atoms with van der Waals surface area (Å²) in [6.07, 6.45) is 4.39. The highest BCUT2D eigenvalue weighted by Crippen LogP contribution is 2.34. The van der Waals surface area contributed by atoms with E-state index < -0.39 is 11.8 Å². The Hall–Kier alpha value is -3.81. The van der Waals surface area contributed by atoms with Gasteiger partial charge in [-0.3, -0.25) is 14.3 Å². The summed E-state index contributed by atoms with van der Waals surface area (Å²) in [6, 6.07) is 13.0. The fraction of sp³-hybridized carbons (Fsp3) is 0.190. The maximum Gasteiger partial charge on any atom is 0.313 e. The average Bonchev–Trinajstić information content (AvgIpc) is 3.37. The monoisotopic (exact) mass is 392 g/mol. The van der Waals surface area contributed by atoms with Gasteiger partial charge in [-0.05, 0) is 29.7 Å². The van der Waals surface area contributed by atoms with E-state index in [9.17, 15) is 9.59 Å². The van der Waals surface area contributed by atoms with Gasteiger partial charge < -0.3 is 20.1 Å². The van der Waals surface area contributed by atoms with E-state index in [1.54, 1.807) is 22.9 Å². The van der Waals surface area contributed by atoms with E-state index in [0.717, 1.165) is 16.7 Å². The molecule has 2 aromatic carbocycles. The molecule has 1 aliphatic rings. The van der Waals surface area contributed by atoms with Crippen LogP contribution in [0.25, 0.3) is 11.1 Å². The molecule has 1 aromatic heterocycles. The second kappa shape index (κ2) is 8.05. The molecule has 4 rings (SSSR count). The number of anilines is 1. The first kappa shape index (κ1) is 18.5. The average molecular weight is 392 g/mol. The highest BCUT2D eigenvalue weighted by Gasteiger charge is 2.17. The SMILES string of the molecule is Cn1cc(-c2ccc(CCNC(=O)C(=O)Nc3ccc4c(c3)OCO4)cc2)cn1. The van der Waals surface area contributed by atoms with Crippen molar-refractivity contribution in [3.05, 3.63) is 60.4 Å². The van der Waals surface area contributed by atoms with Crippen molar-refractivity contribution in [2.75, 3.05) is 18.7 Å². The lowest BCUT2D eigenvalue weighted by molar-refractivity contribution is -0.136. The van der Waals surface area contributed by atoms with Gasteiger partial charge in [-0.15, -0.1) is 0 Å². The Morgan fingerprint density at radius 2 is 1.83 bits per heavy atom. The molecule has 0 unspecified atom stereocenters. The molecule has 0 bridgehead atoms. The second-order valence-electron chi connectivity index (χ2n) is 6.63. The fourth-order valence-corrected chi connectivity index (χ4v) is 3.00. The quantitative estimate of drug-likeness (QED) is 0.649. The van der Waals surface area contributed by atoms with E-state index in [0.29, 0.717) is 30.2 Å². The minimum absolute atomic E-state index is 0.149. The number of carbonyl (C=O) groups is 2. The number of aryl methyl sites for hydroxylation is 1. The molecule has 3 aromatic rings. The van der Waals surface area contributed by atoms with Crippen molar-refractivity contribution in [3.8, 4) is 22.6 Å². The zero-order chi connectivity index (χ0) is 20.2.